The number of nitrogens with zero attached hydrogens (tertiary/aromatic N) is 1. The molecule has 0 saturated heterocycles. The highest BCUT2D eigenvalue weighted by atomic mass is 35.5. The first kappa shape index (κ1) is 16.0. The molecule has 0 aliphatic carbocycles. The molecule has 0 aliphatic rings. The zero-order valence-corrected chi connectivity index (χ0v) is 13.4. The van der Waals surface area contributed by atoms with E-state index in [2.05, 4.69) is 5.43 Å². The Labute approximate surface area is 134 Å². The Balaban J connectivity index is 1.83. The minimum Gasteiger partial charge on any atom is -0.489 e. The molecule has 1 unspecified atom stereocenters. The summed E-state index contributed by atoms with van der Waals surface area (Å²) in [7, 11) is 0. The molecule has 21 heavy (non-hydrogen) atoms. The van der Waals surface area contributed by atoms with Gasteiger partial charge in [0.1, 0.15) is 18.5 Å². The molecule has 6 heteroatoms. The van der Waals surface area contributed by atoms with Gasteiger partial charge in [0.05, 0.1) is 11.6 Å². The van der Waals surface area contributed by atoms with Crippen LogP contribution in [0.3, 0.4) is 0 Å². The van der Waals surface area contributed by atoms with Crippen LogP contribution in [0.25, 0.3) is 0 Å². The fourth-order valence-corrected chi connectivity index (χ4v) is 2.41. The highest BCUT2D eigenvalue weighted by Crippen LogP contribution is 2.27. The van der Waals surface area contributed by atoms with Crippen LogP contribution in [0.1, 0.15) is 11.4 Å². The van der Waals surface area contributed by atoms with Gasteiger partial charge < -0.3 is 15.3 Å². The average Bonchev–Trinajstić information content (AvgIpc) is 2.75. The summed E-state index contributed by atoms with van der Waals surface area (Å²) in [6, 6.07) is 9.01. The molecule has 0 aliphatic heterocycles. The molecule has 2 rings (SSSR count). The zero-order chi connectivity index (χ0) is 15.4. The Morgan fingerprint density at radius 2 is 1.86 bits per heavy atom. The quantitative estimate of drug-likeness (QED) is 0.854. The van der Waals surface area contributed by atoms with Crippen molar-refractivity contribution in [2.75, 3.05) is 18.6 Å². The Hall–Kier alpha value is -1.36. The highest BCUT2D eigenvalue weighted by molar-refractivity contribution is 6.35. The maximum Gasteiger partial charge on any atom is 0.138 e. The summed E-state index contributed by atoms with van der Waals surface area (Å²) in [5, 5.41) is 10.9. The van der Waals surface area contributed by atoms with Gasteiger partial charge >= 0.3 is 0 Å². The minimum atomic E-state index is -0.655. The minimum absolute atomic E-state index is 0.147. The fraction of sp³-hybridized carbons (Fsp3) is 0.333. The van der Waals surface area contributed by atoms with E-state index in [1.165, 1.54) is 0 Å². The van der Waals surface area contributed by atoms with Crippen LogP contribution >= 0.6 is 23.2 Å². The van der Waals surface area contributed by atoms with Crippen LogP contribution in [-0.4, -0.2) is 29.0 Å². The van der Waals surface area contributed by atoms with Gasteiger partial charge in [-0.2, -0.15) is 0 Å². The van der Waals surface area contributed by atoms with E-state index in [-0.39, 0.29) is 6.61 Å². The van der Waals surface area contributed by atoms with E-state index >= 15 is 0 Å². The summed E-state index contributed by atoms with van der Waals surface area (Å²) in [6.45, 7) is 4.52. The van der Waals surface area contributed by atoms with Gasteiger partial charge in [-0.05, 0) is 44.2 Å². The monoisotopic (exact) mass is 328 g/mol. The second-order valence-corrected chi connectivity index (χ2v) is 5.70. The van der Waals surface area contributed by atoms with Gasteiger partial charge in [-0.1, -0.05) is 23.2 Å². The van der Waals surface area contributed by atoms with Crippen molar-refractivity contribution >= 4 is 23.2 Å². The van der Waals surface area contributed by atoms with Gasteiger partial charge in [-0.15, -0.1) is 0 Å². The second-order valence-electron chi connectivity index (χ2n) is 4.85. The molecule has 4 nitrogen and oxygen atoms in total. The third kappa shape index (κ3) is 4.30. The Kier molecular flexibility index (Phi) is 5.39. The van der Waals surface area contributed by atoms with Gasteiger partial charge in [0.15, 0.2) is 0 Å². The first-order chi connectivity index (χ1) is 9.97. The van der Waals surface area contributed by atoms with Crippen LogP contribution in [0, 0.1) is 13.8 Å². The number of benzene rings is 1. The number of aryl methyl sites for hydroxylation is 2. The SMILES string of the molecule is Cc1ccc(C)n1NCC(O)COc1ccc(Cl)cc1Cl. The van der Waals surface area contributed by atoms with Crippen molar-refractivity contribution in [2.24, 2.45) is 0 Å². The van der Waals surface area contributed by atoms with Crippen molar-refractivity contribution in [3.8, 4) is 5.75 Å². The maximum atomic E-state index is 9.97. The molecule has 1 heterocycles. The molecule has 0 spiro atoms. The smallest absolute Gasteiger partial charge is 0.138 e. The molecule has 114 valence electrons. The van der Waals surface area contributed by atoms with Crippen molar-refractivity contribution in [3.63, 3.8) is 0 Å². The van der Waals surface area contributed by atoms with Gasteiger partial charge in [-0.3, -0.25) is 4.68 Å². The number of aliphatic hydroxyl groups excluding tert-OH is 1. The van der Waals surface area contributed by atoms with E-state index in [9.17, 15) is 5.11 Å². The van der Waals surface area contributed by atoms with Crippen LogP contribution in [0.5, 0.6) is 5.75 Å². The number of halogens is 2. The van der Waals surface area contributed by atoms with Crippen molar-refractivity contribution in [1.29, 1.82) is 0 Å². The van der Waals surface area contributed by atoms with Crippen molar-refractivity contribution in [1.82, 2.24) is 4.68 Å². The van der Waals surface area contributed by atoms with E-state index < -0.39 is 6.10 Å². The van der Waals surface area contributed by atoms with E-state index in [0.717, 1.165) is 11.4 Å². The summed E-state index contributed by atoms with van der Waals surface area (Å²) in [6.07, 6.45) is -0.655. The van der Waals surface area contributed by atoms with Gasteiger partial charge in [-0.25, -0.2) is 0 Å². The first-order valence-corrected chi connectivity index (χ1v) is 7.37. The zero-order valence-electron chi connectivity index (χ0n) is 11.9. The lowest BCUT2D eigenvalue weighted by molar-refractivity contribution is 0.115. The van der Waals surface area contributed by atoms with Crippen LogP contribution in [-0.2, 0) is 0 Å². The van der Waals surface area contributed by atoms with Crippen LogP contribution in [0.15, 0.2) is 30.3 Å². The molecule has 1 aromatic heterocycles. The van der Waals surface area contributed by atoms with Crippen molar-refractivity contribution in [3.05, 3.63) is 51.8 Å². The maximum absolute atomic E-state index is 9.97. The molecular formula is C15H18Cl2N2O2. The fourth-order valence-electron chi connectivity index (χ4n) is 1.95. The second kappa shape index (κ2) is 7.07. The van der Waals surface area contributed by atoms with Crippen LogP contribution in [0.4, 0.5) is 0 Å². The molecule has 1 aromatic carbocycles. The number of hydrogen-bond donors (Lipinski definition) is 2. The lowest BCUT2D eigenvalue weighted by atomic mass is 10.3. The molecule has 0 saturated carbocycles. The number of nitrogens with one attached hydrogen (secondary N) is 1. The Morgan fingerprint density at radius 1 is 1.19 bits per heavy atom. The van der Waals surface area contributed by atoms with E-state index in [0.29, 0.717) is 22.3 Å². The molecule has 1 atom stereocenters. The average molecular weight is 329 g/mol. The lowest BCUT2D eigenvalue weighted by Crippen LogP contribution is -2.31. The molecular weight excluding hydrogens is 311 g/mol. The number of aromatic nitrogens is 1. The Bertz CT molecular complexity index is 594. The third-order valence-corrected chi connectivity index (χ3v) is 3.61. The number of ether oxygens (including phenoxy) is 1. The summed E-state index contributed by atoms with van der Waals surface area (Å²) in [4.78, 5) is 0. The predicted octanol–water partition coefficient (Wildman–Crippen LogP) is 3.40. The number of hydrogen-bond acceptors (Lipinski definition) is 3. The summed E-state index contributed by atoms with van der Waals surface area (Å²) < 4.78 is 7.42. The predicted molar refractivity (Wildman–Crippen MR) is 86.1 cm³/mol. The number of aliphatic hydroxyl groups is 1. The van der Waals surface area contributed by atoms with E-state index in [1.807, 2.05) is 30.7 Å². The van der Waals surface area contributed by atoms with Gasteiger partial charge in [0, 0.05) is 16.4 Å². The normalized spacial score (nSPS) is 12.2. The van der Waals surface area contributed by atoms with Crippen molar-refractivity contribution < 1.29 is 9.84 Å². The molecule has 0 bridgehead atoms. The third-order valence-electron chi connectivity index (χ3n) is 3.08. The topological polar surface area (TPSA) is 46.4 Å². The van der Waals surface area contributed by atoms with Gasteiger partial charge in [0.2, 0.25) is 0 Å². The highest BCUT2D eigenvalue weighted by Gasteiger charge is 2.09. The molecule has 2 aromatic rings. The molecule has 0 amide bonds. The molecule has 0 radical (unpaired) electrons. The van der Waals surface area contributed by atoms with Crippen molar-refractivity contribution in [2.45, 2.75) is 20.0 Å². The summed E-state index contributed by atoms with van der Waals surface area (Å²) >= 11 is 11.8. The van der Waals surface area contributed by atoms with Crippen LogP contribution < -0.4 is 10.2 Å². The lowest BCUT2D eigenvalue weighted by Gasteiger charge is -2.17. The number of rotatable bonds is 6. The van der Waals surface area contributed by atoms with Crippen LogP contribution in [0.2, 0.25) is 10.0 Å². The standard InChI is InChI=1S/C15H18Cl2N2O2/c1-10-3-4-11(2)19(10)18-8-13(20)9-21-15-6-5-12(16)7-14(15)17/h3-7,13,18,20H,8-9H2,1-2H3. The van der Waals surface area contributed by atoms with E-state index in [1.54, 1.807) is 18.2 Å². The van der Waals surface area contributed by atoms with E-state index in [4.69, 9.17) is 27.9 Å². The van der Waals surface area contributed by atoms with Gasteiger partial charge in [0.25, 0.3) is 0 Å². The first-order valence-electron chi connectivity index (χ1n) is 6.62. The summed E-state index contributed by atoms with van der Waals surface area (Å²) in [5.41, 5.74) is 5.32. The molecule has 0 fully saturated rings. The largest absolute Gasteiger partial charge is 0.489 e. The Morgan fingerprint density at radius 3 is 2.48 bits per heavy atom. The summed E-state index contributed by atoms with van der Waals surface area (Å²) in [5.74, 6) is 0.508. The molecule has 2 N–H and O–H groups in total.